The van der Waals surface area contributed by atoms with Crippen molar-refractivity contribution in [3.63, 3.8) is 0 Å². The van der Waals surface area contributed by atoms with Crippen LogP contribution in [0.3, 0.4) is 0 Å². The van der Waals surface area contributed by atoms with E-state index in [2.05, 4.69) is 17.1 Å². The van der Waals surface area contributed by atoms with Gasteiger partial charge in [-0.1, -0.05) is 13.3 Å². The van der Waals surface area contributed by atoms with Crippen LogP contribution in [0.25, 0.3) is 0 Å². The highest BCUT2D eigenvalue weighted by Gasteiger charge is 2.39. The summed E-state index contributed by atoms with van der Waals surface area (Å²) in [6.07, 6.45) is 6.93. The fourth-order valence-electron chi connectivity index (χ4n) is 3.24. The van der Waals surface area contributed by atoms with Gasteiger partial charge in [-0.25, -0.2) is 0 Å². The summed E-state index contributed by atoms with van der Waals surface area (Å²) in [4.78, 5) is 14.6. The molecule has 0 bridgehead atoms. The molecule has 0 aromatic rings. The van der Waals surface area contributed by atoms with E-state index in [0.29, 0.717) is 6.04 Å². The first-order chi connectivity index (χ1) is 9.57. The van der Waals surface area contributed by atoms with Crippen molar-refractivity contribution in [1.29, 1.82) is 0 Å². The standard InChI is InChI=1S/C16H30N2O2/c1-4-13-8-11-18(12-13)10-5-9-16(2,15(19)20-3)17-14-6-7-14/h13-14,17H,4-12H2,1-3H3. The van der Waals surface area contributed by atoms with Gasteiger partial charge in [-0.15, -0.1) is 0 Å². The Balaban J connectivity index is 1.75. The number of methoxy groups -OCH3 is 1. The van der Waals surface area contributed by atoms with Crippen molar-refractivity contribution in [2.45, 2.75) is 64.0 Å². The number of rotatable bonds is 8. The van der Waals surface area contributed by atoms with Crippen LogP contribution in [0.4, 0.5) is 0 Å². The smallest absolute Gasteiger partial charge is 0.325 e. The molecular formula is C16H30N2O2. The number of hydrogen-bond acceptors (Lipinski definition) is 4. The van der Waals surface area contributed by atoms with Gasteiger partial charge in [0.05, 0.1) is 7.11 Å². The second-order valence-corrected chi connectivity index (χ2v) is 6.71. The second kappa shape index (κ2) is 6.90. The van der Waals surface area contributed by atoms with E-state index in [1.54, 1.807) is 0 Å². The highest BCUT2D eigenvalue weighted by Crippen LogP contribution is 2.26. The SMILES string of the molecule is CCC1CCN(CCCC(C)(NC2CC2)C(=O)OC)C1. The van der Waals surface area contributed by atoms with E-state index in [4.69, 9.17) is 4.74 Å². The van der Waals surface area contributed by atoms with Crippen molar-refractivity contribution in [2.75, 3.05) is 26.7 Å². The molecular weight excluding hydrogens is 252 g/mol. The average molecular weight is 282 g/mol. The topological polar surface area (TPSA) is 41.6 Å². The van der Waals surface area contributed by atoms with Gasteiger partial charge in [-0.2, -0.15) is 0 Å². The predicted molar refractivity (Wildman–Crippen MR) is 80.7 cm³/mol. The molecule has 2 aliphatic rings. The lowest BCUT2D eigenvalue weighted by molar-refractivity contribution is -0.148. The van der Waals surface area contributed by atoms with Gasteiger partial charge in [0.15, 0.2) is 0 Å². The van der Waals surface area contributed by atoms with Crippen LogP contribution < -0.4 is 5.32 Å². The minimum absolute atomic E-state index is 0.114. The number of nitrogens with one attached hydrogen (secondary N) is 1. The van der Waals surface area contributed by atoms with E-state index >= 15 is 0 Å². The molecule has 20 heavy (non-hydrogen) atoms. The Hall–Kier alpha value is -0.610. The number of esters is 1. The molecule has 2 atom stereocenters. The lowest BCUT2D eigenvalue weighted by Crippen LogP contribution is -2.51. The average Bonchev–Trinajstić information content (AvgIpc) is 3.13. The summed E-state index contributed by atoms with van der Waals surface area (Å²) >= 11 is 0. The van der Waals surface area contributed by atoms with Gasteiger partial charge in [-0.05, 0) is 58.0 Å². The van der Waals surface area contributed by atoms with Crippen LogP contribution >= 0.6 is 0 Å². The van der Waals surface area contributed by atoms with Crippen LogP contribution in [-0.2, 0) is 9.53 Å². The first kappa shape index (κ1) is 15.8. The van der Waals surface area contributed by atoms with Crippen molar-refractivity contribution in [3.8, 4) is 0 Å². The highest BCUT2D eigenvalue weighted by molar-refractivity contribution is 5.80. The predicted octanol–water partition coefficient (Wildman–Crippen LogP) is 2.18. The molecule has 4 nitrogen and oxygen atoms in total. The van der Waals surface area contributed by atoms with E-state index in [1.807, 2.05) is 6.92 Å². The molecule has 1 N–H and O–H groups in total. The molecule has 0 amide bonds. The van der Waals surface area contributed by atoms with Crippen molar-refractivity contribution in [1.82, 2.24) is 10.2 Å². The van der Waals surface area contributed by atoms with E-state index in [0.717, 1.165) is 25.3 Å². The number of ether oxygens (including phenoxy) is 1. The van der Waals surface area contributed by atoms with Crippen LogP contribution in [0.1, 0.15) is 52.4 Å². The molecule has 1 saturated carbocycles. The third-order valence-electron chi connectivity index (χ3n) is 4.83. The molecule has 1 heterocycles. The Labute approximate surface area is 123 Å². The molecule has 1 aliphatic carbocycles. The zero-order valence-electron chi connectivity index (χ0n) is 13.3. The molecule has 0 aromatic carbocycles. The minimum atomic E-state index is -0.500. The Morgan fingerprint density at radius 2 is 2.15 bits per heavy atom. The zero-order valence-corrected chi connectivity index (χ0v) is 13.3. The fourth-order valence-corrected chi connectivity index (χ4v) is 3.24. The van der Waals surface area contributed by atoms with Gasteiger partial charge in [0.25, 0.3) is 0 Å². The Bertz CT molecular complexity index is 330. The number of hydrogen-bond donors (Lipinski definition) is 1. The number of likely N-dealkylation sites (tertiary alicyclic amines) is 1. The molecule has 4 heteroatoms. The largest absolute Gasteiger partial charge is 0.468 e. The Morgan fingerprint density at radius 1 is 1.40 bits per heavy atom. The van der Waals surface area contributed by atoms with Crippen LogP contribution in [0.5, 0.6) is 0 Å². The summed E-state index contributed by atoms with van der Waals surface area (Å²) in [5.74, 6) is 0.767. The van der Waals surface area contributed by atoms with Gasteiger partial charge in [0.1, 0.15) is 5.54 Å². The molecule has 2 rings (SSSR count). The van der Waals surface area contributed by atoms with Crippen LogP contribution in [0, 0.1) is 5.92 Å². The Morgan fingerprint density at radius 3 is 2.70 bits per heavy atom. The monoisotopic (exact) mass is 282 g/mol. The number of carbonyl (C=O) groups excluding carboxylic acids is 1. The van der Waals surface area contributed by atoms with E-state index in [-0.39, 0.29) is 5.97 Å². The van der Waals surface area contributed by atoms with Gasteiger partial charge in [0.2, 0.25) is 0 Å². The zero-order chi connectivity index (χ0) is 14.6. The number of carbonyl (C=O) groups is 1. The van der Waals surface area contributed by atoms with Crippen molar-refractivity contribution in [3.05, 3.63) is 0 Å². The Kier molecular flexibility index (Phi) is 5.44. The summed E-state index contributed by atoms with van der Waals surface area (Å²) < 4.78 is 4.99. The molecule has 1 aliphatic heterocycles. The molecule has 0 radical (unpaired) electrons. The third kappa shape index (κ3) is 4.19. The van der Waals surface area contributed by atoms with E-state index in [9.17, 15) is 4.79 Å². The van der Waals surface area contributed by atoms with Gasteiger partial charge >= 0.3 is 5.97 Å². The fraction of sp³-hybridized carbons (Fsp3) is 0.938. The third-order valence-corrected chi connectivity index (χ3v) is 4.83. The van der Waals surface area contributed by atoms with Crippen LogP contribution in [0.2, 0.25) is 0 Å². The van der Waals surface area contributed by atoms with Crippen LogP contribution in [-0.4, -0.2) is 49.2 Å². The molecule has 2 fully saturated rings. The van der Waals surface area contributed by atoms with Crippen molar-refractivity contribution in [2.24, 2.45) is 5.92 Å². The van der Waals surface area contributed by atoms with Crippen molar-refractivity contribution < 1.29 is 9.53 Å². The van der Waals surface area contributed by atoms with E-state index < -0.39 is 5.54 Å². The summed E-state index contributed by atoms with van der Waals surface area (Å²) in [6.45, 7) is 7.85. The lowest BCUT2D eigenvalue weighted by Gasteiger charge is -2.29. The summed E-state index contributed by atoms with van der Waals surface area (Å²) in [6, 6.07) is 0.523. The second-order valence-electron chi connectivity index (χ2n) is 6.71. The molecule has 0 aromatic heterocycles. The summed E-state index contributed by atoms with van der Waals surface area (Å²) in [5.41, 5.74) is -0.500. The maximum absolute atomic E-state index is 12.0. The molecule has 116 valence electrons. The maximum atomic E-state index is 12.0. The summed E-state index contributed by atoms with van der Waals surface area (Å²) in [5, 5.41) is 3.47. The first-order valence-electron chi connectivity index (χ1n) is 8.16. The highest BCUT2D eigenvalue weighted by atomic mass is 16.5. The van der Waals surface area contributed by atoms with Crippen LogP contribution in [0.15, 0.2) is 0 Å². The normalized spacial score (nSPS) is 26.4. The summed E-state index contributed by atoms with van der Waals surface area (Å²) in [7, 11) is 1.49. The van der Waals surface area contributed by atoms with Gasteiger partial charge in [0, 0.05) is 12.6 Å². The quantitative estimate of drug-likeness (QED) is 0.693. The molecule has 1 saturated heterocycles. The first-order valence-corrected chi connectivity index (χ1v) is 8.16. The van der Waals surface area contributed by atoms with Crippen molar-refractivity contribution >= 4 is 5.97 Å². The lowest BCUT2D eigenvalue weighted by atomic mass is 9.95. The number of nitrogens with zero attached hydrogens (tertiary/aromatic N) is 1. The van der Waals surface area contributed by atoms with Gasteiger partial charge < -0.3 is 9.64 Å². The maximum Gasteiger partial charge on any atom is 0.325 e. The molecule has 0 spiro atoms. The molecule has 2 unspecified atom stereocenters. The van der Waals surface area contributed by atoms with Gasteiger partial charge in [-0.3, -0.25) is 10.1 Å². The van der Waals surface area contributed by atoms with E-state index in [1.165, 1.54) is 45.9 Å². The minimum Gasteiger partial charge on any atom is -0.468 e.